The van der Waals surface area contributed by atoms with Crippen molar-refractivity contribution in [1.82, 2.24) is 25.1 Å². The number of aliphatic hydroxyl groups excluding tert-OH is 1. The number of rotatable bonds is 5. The van der Waals surface area contributed by atoms with Crippen LogP contribution in [0.5, 0.6) is 0 Å². The molecule has 11 heteroatoms. The molecule has 2 bridgehead atoms. The first-order valence-electron chi connectivity index (χ1n) is 11.5. The van der Waals surface area contributed by atoms with Crippen LogP contribution in [0.4, 0.5) is 14.6 Å². The van der Waals surface area contributed by atoms with Crippen LogP contribution in [0, 0.1) is 46.6 Å². The summed E-state index contributed by atoms with van der Waals surface area (Å²) in [5, 5.41) is 39.9. The van der Waals surface area contributed by atoms with E-state index in [9.17, 15) is 19.9 Å². The number of fused-ring (bicyclic) bond motifs is 4. The van der Waals surface area contributed by atoms with Crippen LogP contribution < -0.4 is 5.32 Å². The van der Waals surface area contributed by atoms with Crippen LogP contribution in [0.15, 0.2) is 12.3 Å². The Labute approximate surface area is 193 Å². The average Bonchev–Trinajstić information content (AvgIpc) is 3.51. The van der Waals surface area contributed by atoms with E-state index < -0.39 is 23.8 Å². The zero-order chi connectivity index (χ0) is 23.6. The molecule has 7 rings (SSSR count). The molecule has 4 atom stereocenters. The minimum atomic E-state index is -1.52. The van der Waals surface area contributed by atoms with Gasteiger partial charge in [-0.15, -0.1) is 0 Å². The molecule has 3 aromatic heterocycles. The molecule has 3 aromatic rings. The first kappa shape index (κ1) is 21.3. The minimum absolute atomic E-state index is 0.0627. The molecule has 0 amide bonds. The molecule has 0 aromatic carbocycles. The van der Waals surface area contributed by atoms with Gasteiger partial charge < -0.3 is 15.5 Å². The lowest BCUT2D eigenvalue weighted by molar-refractivity contribution is -0.133. The molecule has 0 radical (unpaired) electrons. The number of pyridine rings is 1. The molecule has 4 unspecified atom stereocenters. The molecule has 0 saturated heterocycles. The van der Waals surface area contributed by atoms with E-state index in [2.05, 4.69) is 36.5 Å². The van der Waals surface area contributed by atoms with Crippen LogP contribution >= 0.6 is 0 Å². The molecule has 9 nitrogen and oxygen atoms in total. The third-order valence-corrected chi connectivity index (χ3v) is 7.71. The van der Waals surface area contributed by atoms with Crippen molar-refractivity contribution in [2.45, 2.75) is 50.4 Å². The van der Waals surface area contributed by atoms with Crippen molar-refractivity contribution < 1.29 is 19.0 Å². The van der Waals surface area contributed by atoms with Crippen LogP contribution in [0.3, 0.4) is 0 Å². The topological polar surface area (TPSA) is 144 Å². The maximum Gasteiger partial charge on any atom is 0.187 e. The van der Waals surface area contributed by atoms with Gasteiger partial charge in [0.25, 0.3) is 0 Å². The van der Waals surface area contributed by atoms with Crippen molar-refractivity contribution in [3.63, 3.8) is 0 Å². The first-order chi connectivity index (χ1) is 16.4. The summed E-state index contributed by atoms with van der Waals surface area (Å²) >= 11 is 0. The van der Waals surface area contributed by atoms with E-state index >= 15 is 4.39 Å². The van der Waals surface area contributed by atoms with Gasteiger partial charge in [0.05, 0.1) is 29.3 Å². The van der Waals surface area contributed by atoms with E-state index in [0.717, 1.165) is 31.9 Å². The number of H-pyrrole nitrogens is 1. The van der Waals surface area contributed by atoms with E-state index in [1.54, 1.807) is 0 Å². The monoisotopic (exact) mass is 467 g/mol. The molecule has 4 saturated carbocycles. The van der Waals surface area contributed by atoms with Crippen molar-refractivity contribution in [1.29, 1.82) is 5.26 Å². The summed E-state index contributed by atoms with van der Waals surface area (Å²) in [6.07, 6.45) is 3.71. The maximum atomic E-state index is 15.7. The number of nitrogens with zero attached hydrogens (tertiary/aromatic N) is 5. The maximum absolute atomic E-state index is 15.7. The summed E-state index contributed by atoms with van der Waals surface area (Å²) in [5.41, 5.74) is 0.681. The summed E-state index contributed by atoms with van der Waals surface area (Å²) in [6, 6.07) is 3.05. The van der Waals surface area contributed by atoms with Gasteiger partial charge in [-0.05, 0) is 50.0 Å². The highest BCUT2D eigenvalue weighted by Crippen LogP contribution is 2.50. The Kier molecular flexibility index (Phi) is 4.97. The number of hydrogen-bond acceptors (Lipinski definition) is 8. The highest BCUT2D eigenvalue weighted by atomic mass is 19.1. The number of hydrogen-bond donors (Lipinski definition) is 4. The van der Waals surface area contributed by atoms with Crippen molar-refractivity contribution in [2.75, 3.05) is 5.32 Å². The lowest BCUT2D eigenvalue weighted by Crippen LogP contribution is -2.53. The van der Waals surface area contributed by atoms with Gasteiger partial charge in [-0.25, -0.2) is 23.7 Å². The third-order valence-electron chi connectivity index (χ3n) is 7.71. The molecular formula is C23H23F2N7O2. The van der Waals surface area contributed by atoms with Crippen LogP contribution in [-0.2, 0) is 0 Å². The number of nitriles is 1. The zero-order valence-electron chi connectivity index (χ0n) is 18.1. The highest BCUT2D eigenvalue weighted by Gasteiger charge is 2.48. The number of aromatic nitrogens is 5. The normalized spacial score (nSPS) is 30.0. The lowest BCUT2D eigenvalue weighted by atomic mass is 9.61. The molecule has 4 aliphatic carbocycles. The Bertz CT molecular complexity index is 1300. The standard InChI is InChI=1S/C23H23F2N7O2/c24-12-6-14-19(31-32-20(14)27-8-12)22-29-18(13-5-11(13)7-26)16(25)21(30-22)28-17-10-3-1-9(2-4-10)15(17)23(33)34/h6,8-11,13,15,17,23,33-34H,1-5H2,(H,27,31,32)(H,28,29,30). The molecule has 4 aliphatic rings. The van der Waals surface area contributed by atoms with Crippen molar-refractivity contribution in [3.8, 4) is 17.6 Å². The van der Waals surface area contributed by atoms with Gasteiger partial charge in [-0.3, -0.25) is 5.10 Å². The van der Waals surface area contributed by atoms with Gasteiger partial charge in [0, 0.05) is 17.9 Å². The summed E-state index contributed by atoms with van der Waals surface area (Å²) in [4.78, 5) is 12.8. The number of aromatic amines is 1. The second-order valence-electron chi connectivity index (χ2n) is 9.63. The van der Waals surface area contributed by atoms with Crippen LogP contribution in [0.25, 0.3) is 22.6 Å². The summed E-state index contributed by atoms with van der Waals surface area (Å²) < 4.78 is 29.6. The molecule has 4 N–H and O–H groups in total. The molecule has 3 heterocycles. The number of nitrogens with one attached hydrogen (secondary N) is 2. The molecule has 4 fully saturated rings. The number of halogens is 2. The largest absolute Gasteiger partial charge is 0.368 e. The molecule has 176 valence electrons. The summed E-state index contributed by atoms with van der Waals surface area (Å²) in [5.74, 6) is -2.02. The Balaban J connectivity index is 1.45. The molecule has 0 aliphatic heterocycles. The smallest absolute Gasteiger partial charge is 0.187 e. The van der Waals surface area contributed by atoms with Crippen molar-refractivity contribution in [2.24, 2.45) is 23.7 Å². The number of aliphatic hydroxyl groups is 2. The van der Waals surface area contributed by atoms with Gasteiger partial charge in [0.15, 0.2) is 29.4 Å². The Morgan fingerprint density at radius 1 is 1.15 bits per heavy atom. The number of anilines is 1. The lowest BCUT2D eigenvalue weighted by Gasteiger charge is -2.49. The van der Waals surface area contributed by atoms with E-state index in [1.807, 2.05) is 0 Å². The highest BCUT2D eigenvalue weighted by molar-refractivity contribution is 5.88. The van der Waals surface area contributed by atoms with Crippen molar-refractivity contribution in [3.05, 3.63) is 29.6 Å². The fourth-order valence-corrected chi connectivity index (χ4v) is 5.90. The predicted molar refractivity (Wildman–Crippen MR) is 116 cm³/mol. The molecule has 0 spiro atoms. The zero-order valence-corrected chi connectivity index (χ0v) is 18.1. The van der Waals surface area contributed by atoms with Crippen LogP contribution in [-0.4, -0.2) is 47.7 Å². The quantitative estimate of drug-likeness (QED) is 0.420. The minimum Gasteiger partial charge on any atom is -0.368 e. The fraction of sp³-hybridized carbons (Fsp3) is 0.522. The molecule has 34 heavy (non-hydrogen) atoms. The van der Waals surface area contributed by atoms with Crippen LogP contribution in [0.2, 0.25) is 0 Å². The second kappa shape index (κ2) is 7.92. The third kappa shape index (κ3) is 3.40. The first-order valence-corrected chi connectivity index (χ1v) is 11.5. The van der Waals surface area contributed by atoms with Crippen LogP contribution in [0.1, 0.15) is 43.7 Å². The SMILES string of the molecule is N#CC1CC1c1nc(-c2n[nH]c3ncc(F)cc23)nc(NC2C3CCC(CC3)C2C(O)O)c1F. The van der Waals surface area contributed by atoms with E-state index in [0.29, 0.717) is 17.5 Å². The molecular weight excluding hydrogens is 444 g/mol. The Morgan fingerprint density at radius 3 is 2.62 bits per heavy atom. The van der Waals surface area contributed by atoms with E-state index in [-0.39, 0.29) is 52.7 Å². The van der Waals surface area contributed by atoms with Crippen molar-refractivity contribution >= 4 is 16.9 Å². The fourth-order valence-electron chi connectivity index (χ4n) is 5.90. The summed E-state index contributed by atoms with van der Waals surface area (Å²) in [7, 11) is 0. The van der Waals surface area contributed by atoms with E-state index in [4.69, 9.17) is 0 Å². The Morgan fingerprint density at radius 2 is 1.91 bits per heavy atom. The predicted octanol–water partition coefficient (Wildman–Crippen LogP) is 2.85. The van der Waals surface area contributed by atoms with Gasteiger partial charge >= 0.3 is 0 Å². The van der Waals surface area contributed by atoms with E-state index in [1.165, 1.54) is 6.07 Å². The average molecular weight is 467 g/mol. The van der Waals surface area contributed by atoms with Gasteiger partial charge in [0.2, 0.25) is 0 Å². The summed E-state index contributed by atoms with van der Waals surface area (Å²) in [6.45, 7) is 0. The van der Waals surface area contributed by atoms with Gasteiger partial charge in [-0.1, -0.05) is 0 Å². The van der Waals surface area contributed by atoms with Gasteiger partial charge in [0.1, 0.15) is 11.5 Å². The Hall–Kier alpha value is -3.23. The van der Waals surface area contributed by atoms with Gasteiger partial charge in [-0.2, -0.15) is 10.4 Å². The second-order valence-corrected chi connectivity index (χ2v) is 9.63.